The second-order valence-electron chi connectivity index (χ2n) is 12.7. The Kier molecular flexibility index (Phi) is 6.68. The molecule has 0 aromatic rings. The Labute approximate surface area is 192 Å². The SMILES string of the molecule is CC(=O)O[C@H]1CC2=CCCC[C@]2(C)[C@H]2CC[C@]3(C)[C@@H]([C@H](C)CCCC(C)C)CC[C@H]3[C@H]12. The Hall–Kier alpha value is -0.790. The first kappa shape index (κ1) is 23.4. The van der Waals surface area contributed by atoms with E-state index in [-0.39, 0.29) is 12.1 Å². The maximum Gasteiger partial charge on any atom is 0.302 e. The van der Waals surface area contributed by atoms with Crippen LogP contribution in [-0.2, 0) is 9.53 Å². The standard InChI is InChI=1S/C29H48O2/c1-19(2)10-9-11-20(3)23-13-14-24-27-25(15-17-29(23,24)6)28(5)16-8-7-12-22(28)18-26(27)31-21(4)30/h12,19-20,23-27H,7-11,13-18H2,1-6H3/t20-,23-,24+,25+,26+,27+,28+,29-/m1/s1. The molecule has 176 valence electrons. The maximum atomic E-state index is 12.1. The Balaban J connectivity index is 1.58. The minimum absolute atomic E-state index is 0.0763. The van der Waals surface area contributed by atoms with Crippen LogP contribution in [0.5, 0.6) is 0 Å². The van der Waals surface area contributed by atoms with Crippen LogP contribution in [0.3, 0.4) is 0 Å². The van der Waals surface area contributed by atoms with E-state index in [1.807, 2.05) is 0 Å². The number of hydrogen-bond donors (Lipinski definition) is 0. The van der Waals surface area contributed by atoms with E-state index in [9.17, 15) is 4.79 Å². The van der Waals surface area contributed by atoms with Crippen molar-refractivity contribution in [3.05, 3.63) is 11.6 Å². The summed E-state index contributed by atoms with van der Waals surface area (Å²) >= 11 is 0. The largest absolute Gasteiger partial charge is 0.462 e. The molecule has 0 aromatic heterocycles. The van der Waals surface area contributed by atoms with Gasteiger partial charge in [0.25, 0.3) is 0 Å². The normalized spacial score (nSPS) is 42.9. The van der Waals surface area contributed by atoms with E-state index in [0.29, 0.717) is 22.7 Å². The molecule has 3 saturated carbocycles. The van der Waals surface area contributed by atoms with Crippen molar-refractivity contribution in [2.75, 3.05) is 0 Å². The summed E-state index contributed by atoms with van der Waals surface area (Å²) in [6.45, 7) is 14.1. The Morgan fingerprint density at radius 1 is 1.10 bits per heavy atom. The molecule has 4 aliphatic carbocycles. The molecule has 0 heterocycles. The fraction of sp³-hybridized carbons (Fsp3) is 0.897. The quantitative estimate of drug-likeness (QED) is 0.317. The highest BCUT2D eigenvalue weighted by Crippen LogP contribution is 2.68. The van der Waals surface area contributed by atoms with Crippen LogP contribution >= 0.6 is 0 Å². The van der Waals surface area contributed by atoms with Crippen molar-refractivity contribution in [3.63, 3.8) is 0 Å². The molecule has 4 rings (SSSR count). The molecule has 0 unspecified atom stereocenters. The molecule has 0 saturated heterocycles. The highest BCUT2D eigenvalue weighted by Gasteiger charge is 2.62. The van der Waals surface area contributed by atoms with Crippen molar-refractivity contribution in [1.82, 2.24) is 0 Å². The third-order valence-electron chi connectivity index (χ3n) is 10.5. The van der Waals surface area contributed by atoms with Crippen molar-refractivity contribution in [2.24, 2.45) is 46.3 Å². The van der Waals surface area contributed by atoms with Crippen LogP contribution in [0.15, 0.2) is 11.6 Å². The maximum absolute atomic E-state index is 12.1. The lowest BCUT2D eigenvalue weighted by molar-refractivity contribution is -0.166. The van der Waals surface area contributed by atoms with Crippen LogP contribution in [0.2, 0.25) is 0 Å². The Morgan fingerprint density at radius 3 is 2.58 bits per heavy atom. The molecule has 0 bridgehead atoms. The molecule has 0 radical (unpaired) electrons. The van der Waals surface area contributed by atoms with E-state index in [2.05, 4.69) is 40.7 Å². The fourth-order valence-electron chi connectivity index (χ4n) is 9.05. The molecule has 3 fully saturated rings. The second-order valence-corrected chi connectivity index (χ2v) is 12.7. The summed E-state index contributed by atoms with van der Waals surface area (Å²) in [5.41, 5.74) is 2.40. The Bertz CT molecular complexity index is 693. The number of carbonyl (C=O) groups is 1. The van der Waals surface area contributed by atoms with Gasteiger partial charge in [-0.2, -0.15) is 0 Å². The van der Waals surface area contributed by atoms with Crippen molar-refractivity contribution in [1.29, 1.82) is 0 Å². The van der Waals surface area contributed by atoms with Gasteiger partial charge in [0, 0.05) is 19.3 Å². The third-order valence-corrected chi connectivity index (χ3v) is 10.5. The minimum atomic E-state index is -0.0763. The van der Waals surface area contributed by atoms with Crippen molar-refractivity contribution in [2.45, 2.75) is 118 Å². The lowest BCUT2D eigenvalue weighted by atomic mass is 9.45. The van der Waals surface area contributed by atoms with Gasteiger partial charge in [0.2, 0.25) is 0 Å². The van der Waals surface area contributed by atoms with Gasteiger partial charge in [-0.1, -0.05) is 65.5 Å². The summed E-state index contributed by atoms with van der Waals surface area (Å²) in [5.74, 6) is 4.41. The van der Waals surface area contributed by atoms with Gasteiger partial charge in [0.1, 0.15) is 6.10 Å². The Morgan fingerprint density at radius 2 is 1.87 bits per heavy atom. The average Bonchev–Trinajstić information content (AvgIpc) is 3.04. The van der Waals surface area contributed by atoms with Gasteiger partial charge in [-0.05, 0) is 85.4 Å². The number of fused-ring (bicyclic) bond motifs is 5. The molecule has 2 heteroatoms. The smallest absolute Gasteiger partial charge is 0.302 e. The summed E-state index contributed by atoms with van der Waals surface area (Å²) in [6, 6.07) is 0. The topological polar surface area (TPSA) is 26.3 Å². The summed E-state index contributed by atoms with van der Waals surface area (Å²) in [6.07, 6.45) is 17.1. The van der Waals surface area contributed by atoms with Crippen LogP contribution in [0.4, 0.5) is 0 Å². The zero-order valence-electron chi connectivity index (χ0n) is 21.2. The predicted molar refractivity (Wildman–Crippen MR) is 129 cm³/mol. The van der Waals surface area contributed by atoms with E-state index >= 15 is 0 Å². The zero-order chi connectivity index (χ0) is 22.4. The molecular weight excluding hydrogens is 380 g/mol. The van der Waals surface area contributed by atoms with E-state index in [1.165, 1.54) is 64.2 Å². The third kappa shape index (κ3) is 4.15. The van der Waals surface area contributed by atoms with Gasteiger partial charge in [0.05, 0.1) is 0 Å². The number of allylic oxidation sites excluding steroid dienone is 1. The van der Waals surface area contributed by atoms with Crippen molar-refractivity contribution < 1.29 is 9.53 Å². The zero-order valence-corrected chi connectivity index (χ0v) is 21.2. The molecule has 0 aliphatic heterocycles. The molecular formula is C29H48O2. The molecule has 0 amide bonds. The van der Waals surface area contributed by atoms with Crippen molar-refractivity contribution >= 4 is 5.97 Å². The van der Waals surface area contributed by atoms with Gasteiger partial charge in [-0.3, -0.25) is 4.79 Å². The molecule has 0 aromatic carbocycles. The molecule has 0 N–H and O–H groups in total. The fourth-order valence-corrected chi connectivity index (χ4v) is 9.05. The number of rotatable bonds is 6. The van der Waals surface area contributed by atoms with Crippen LogP contribution in [0, 0.1) is 46.3 Å². The molecule has 4 aliphatic rings. The van der Waals surface area contributed by atoms with E-state index < -0.39 is 0 Å². The lowest BCUT2D eigenvalue weighted by Crippen LogP contribution is -2.56. The molecule has 31 heavy (non-hydrogen) atoms. The van der Waals surface area contributed by atoms with Gasteiger partial charge in [0.15, 0.2) is 0 Å². The number of hydrogen-bond acceptors (Lipinski definition) is 2. The minimum Gasteiger partial charge on any atom is -0.462 e. The number of carbonyl (C=O) groups excluding carboxylic acids is 1. The molecule has 2 nitrogen and oxygen atoms in total. The van der Waals surface area contributed by atoms with Crippen LogP contribution in [0.25, 0.3) is 0 Å². The first-order valence-corrected chi connectivity index (χ1v) is 13.5. The highest BCUT2D eigenvalue weighted by molar-refractivity contribution is 5.66. The monoisotopic (exact) mass is 428 g/mol. The molecule has 0 spiro atoms. The van der Waals surface area contributed by atoms with Crippen molar-refractivity contribution in [3.8, 4) is 0 Å². The van der Waals surface area contributed by atoms with Crippen LogP contribution in [0.1, 0.15) is 112 Å². The summed E-state index contributed by atoms with van der Waals surface area (Å²) in [7, 11) is 0. The summed E-state index contributed by atoms with van der Waals surface area (Å²) in [4.78, 5) is 12.1. The van der Waals surface area contributed by atoms with Gasteiger partial charge < -0.3 is 4.74 Å². The van der Waals surface area contributed by atoms with Gasteiger partial charge in [-0.25, -0.2) is 0 Å². The number of esters is 1. The summed E-state index contributed by atoms with van der Waals surface area (Å²) in [5, 5.41) is 0. The van der Waals surface area contributed by atoms with Crippen LogP contribution < -0.4 is 0 Å². The lowest BCUT2D eigenvalue weighted by Gasteiger charge is -2.60. The first-order chi connectivity index (χ1) is 14.7. The first-order valence-electron chi connectivity index (χ1n) is 13.5. The summed E-state index contributed by atoms with van der Waals surface area (Å²) < 4.78 is 6.12. The number of ether oxygens (including phenoxy) is 1. The average molecular weight is 429 g/mol. The molecule has 8 atom stereocenters. The van der Waals surface area contributed by atoms with E-state index in [1.54, 1.807) is 12.5 Å². The second kappa shape index (κ2) is 8.86. The van der Waals surface area contributed by atoms with E-state index in [4.69, 9.17) is 4.74 Å². The highest BCUT2D eigenvalue weighted by atomic mass is 16.5. The van der Waals surface area contributed by atoms with Gasteiger partial charge >= 0.3 is 5.97 Å². The predicted octanol–water partition coefficient (Wildman–Crippen LogP) is 7.96. The van der Waals surface area contributed by atoms with E-state index in [0.717, 1.165) is 30.1 Å². The van der Waals surface area contributed by atoms with Gasteiger partial charge in [-0.15, -0.1) is 0 Å². The van der Waals surface area contributed by atoms with Crippen LogP contribution in [-0.4, -0.2) is 12.1 Å².